The number of primary amides is 3. The lowest BCUT2D eigenvalue weighted by atomic mass is 10.0. The molecule has 2 aromatic carbocycles. The van der Waals surface area contributed by atoms with Crippen molar-refractivity contribution in [2.45, 2.75) is 181 Å². The van der Waals surface area contributed by atoms with E-state index in [-0.39, 0.29) is 110 Å². The van der Waals surface area contributed by atoms with Crippen LogP contribution < -0.4 is 97.8 Å². The van der Waals surface area contributed by atoms with E-state index in [1.807, 2.05) is 0 Å². The van der Waals surface area contributed by atoms with E-state index in [9.17, 15) is 73.2 Å². The Balaban J connectivity index is 1.61. The number of aliphatic hydroxyl groups is 1. The molecule has 3 aliphatic heterocycles. The van der Waals surface area contributed by atoms with Crippen molar-refractivity contribution in [2.24, 2.45) is 28.7 Å². The third kappa shape index (κ3) is 28.8. The van der Waals surface area contributed by atoms with Crippen molar-refractivity contribution in [1.82, 2.24) is 89.0 Å². The lowest BCUT2D eigenvalue weighted by Crippen LogP contribution is -2.61. The molecule has 4 bridgehead atoms. The average molecular weight is 1710 g/mol. The molecule has 6 rings (SSSR count). The van der Waals surface area contributed by atoms with Gasteiger partial charge in [-0.15, -0.1) is 5.10 Å². The molecule has 1 saturated heterocycles. The molecular formula is C65H92IN23O20S2. The predicted octanol–water partition coefficient (Wildman–Crippen LogP) is -7.93. The van der Waals surface area contributed by atoms with E-state index in [4.69, 9.17) is 34.1 Å². The van der Waals surface area contributed by atoms with Crippen LogP contribution in [0.4, 0.5) is 4.79 Å². The number of halogens is 1. The fourth-order valence-electron chi connectivity index (χ4n) is 11.7. The molecule has 16 amide bonds. The number of carboxylic acid groups (broad SMARTS) is 1. The summed E-state index contributed by atoms with van der Waals surface area (Å²) in [7, 11) is 0.947. The van der Waals surface area contributed by atoms with Crippen molar-refractivity contribution in [2.75, 3.05) is 31.9 Å². The number of aromatic hydroxyl groups is 2. The van der Waals surface area contributed by atoms with Crippen LogP contribution in [-0.2, 0) is 97.7 Å². The Morgan fingerprint density at radius 1 is 0.694 bits per heavy atom. The Bertz CT molecular complexity index is 3920. The minimum Gasteiger partial charge on any atom is -0.508 e. The zero-order chi connectivity index (χ0) is 81.8. The number of phenolic OH excluding ortho intramolecular Hbond substituents is 2. The largest absolute Gasteiger partial charge is 0.508 e. The summed E-state index contributed by atoms with van der Waals surface area (Å²) in [6, 6.07) is -11.3. The van der Waals surface area contributed by atoms with Crippen LogP contribution in [-0.4, -0.2) is 251 Å². The van der Waals surface area contributed by atoms with Gasteiger partial charge in [0.15, 0.2) is 11.3 Å². The van der Waals surface area contributed by atoms with Crippen molar-refractivity contribution in [1.29, 1.82) is 5.41 Å². The van der Waals surface area contributed by atoms with E-state index in [0.29, 0.717) is 27.2 Å². The first kappa shape index (κ1) is 89.0. The van der Waals surface area contributed by atoms with Gasteiger partial charge in [0.1, 0.15) is 78.0 Å². The summed E-state index contributed by atoms with van der Waals surface area (Å²) in [5.74, 6) is -19.3. The Kier molecular flexibility index (Phi) is 34.9. The summed E-state index contributed by atoms with van der Waals surface area (Å²) in [6.45, 7) is -0.325. The van der Waals surface area contributed by atoms with Crippen LogP contribution >= 0.6 is 44.2 Å². The third-order valence-corrected chi connectivity index (χ3v) is 20.8. The highest BCUT2D eigenvalue weighted by Gasteiger charge is 2.43. The lowest BCUT2D eigenvalue weighted by Gasteiger charge is -2.31. The monoisotopic (exact) mass is 1710 g/mol. The van der Waals surface area contributed by atoms with Crippen LogP contribution in [0.25, 0.3) is 0 Å². The number of carbonyl (C=O) groups excluding carboxylic acids is 15. The minimum absolute atomic E-state index is 0.0304. The van der Waals surface area contributed by atoms with Gasteiger partial charge in [-0.2, -0.15) is 0 Å². The number of aliphatic carboxylic acids is 1. The number of nitrogens with two attached hydrogens (primary N) is 5. The second-order valence-corrected chi connectivity index (χ2v) is 29.8. The number of carbonyl (C=O) groups is 16. The Morgan fingerprint density at radius 3 is 1.93 bits per heavy atom. The molecule has 3 aromatic rings. The van der Waals surface area contributed by atoms with Crippen LogP contribution in [0.1, 0.15) is 94.4 Å². The first-order valence-corrected chi connectivity index (χ1v) is 38.4. The standard InChI is InChI=1S/C65H92IN23O20S2/c1-30(90)50-60(106)82-43(26-49(95)96)63(108)89-21-5-9-45(89)59(105)78-38(6-2-18-73-64(70)71)53(99)81-42-25-33-28-88(87-86-33)20-4-8-36(75-48(94)27-67)55(101)85-62(61(107)84-50)111-110-29-44(58(104)79-40(51(69)97)23-31-10-13-34(91)14-11-31)83-54(100)39(15-17-47(68)93)77-56(102)41(24-32-12-16-46(92)35(66)22-32)80-52(98)37(76-57(42)103)7-3-19-74-65(72)109/h10-14,16,22,28,30,36-45,50,62,90-92H,2-9,15,17-21,23-27,29,67H2,1H3,(H2,68,93)(H2,69,97)(H,75,94)(H,76,103)(H,77,102)(H,78,105)(H,79,104)(H,80,98)(H,81,99)(H,82,106)(H,83,100)(H,84,107)(H,85,101)(H,95,96)(H4,70,71,73)(H3,72,74,109)/t30-,36+,37+,38+,39+,40+,41?,42+,43+,44+,45?,50+,62+/m1/s1. The number of carboxylic acids is 1. The van der Waals surface area contributed by atoms with Crippen LogP contribution in [0.15, 0.2) is 48.7 Å². The highest BCUT2D eigenvalue weighted by molar-refractivity contribution is 14.1. The molecule has 0 aliphatic carbocycles. The van der Waals surface area contributed by atoms with E-state index in [0.717, 1.165) is 11.8 Å². The molecule has 3 aliphatic rings. The summed E-state index contributed by atoms with van der Waals surface area (Å²) < 4.78 is 1.51. The second-order valence-electron chi connectivity index (χ2n) is 26.1. The zero-order valence-corrected chi connectivity index (χ0v) is 63.7. The topological polar surface area (TPSA) is 698 Å². The smallest absolute Gasteiger partial charge is 0.312 e. The van der Waals surface area contributed by atoms with Gasteiger partial charge in [0.2, 0.25) is 76.8 Å². The number of phenols is 2. The summed E-state index contributed by atoms with van der Waals surface area (Å²) in [6.07, 6.45) is -5.69. The number of rotatable bonds is 23. The highest BCUT2D eigenvalue weighted by atomic mass is 127. The molecule has 0 radical (unpaired) electrons. The number of hydrogen-bond donors (Lipinski definition) is 23. The number of nitrogens with zero attached hydrogens (tertiary/aromatic N) is 4. The van der Waals surface area contributed by atoms with Crippen molar-refractivity contribution in [3.63, 3.8) is 0 Å². The molecular weight excluding hydrogens is 1610 g/mol. The molecule has 4 heterocycles. The van der Waals surface area contributed by atoms with Crippen molar-refractivity contribution in [3.8, 4) is 11.5 Å². The minimum atomic E-state index is -2.14. The van der Waals surface area contributed by atoms with Gasteiger partial charge in [-0.1, -0.05) is 45.0 Å². The van der Waals surface area contributed by atoms with E-state index in [1.165, 1.54) is 53.3 Å². The number of guanidine groups is 1. The first-order chi connectivity index (χ1) is 52.6. The molecule has 43 nitrogen and oxygen atoms in total. The lowest BCUT2D eigenvalue weighted by molar-refractivity contribution is -0.146. The fourth-order valence-corrected chi connectivity index (χ4v) is 14.6. The van der Waals surface area contributed by atoms with Gasteiger partial charge in [-0.25, -0.2) is 4.79 Å². The molecule has 2 unspecified atom stereocenters. The molecule has 13 atom stereocenters. The average Bonchev–Trinajstić information content (AvgIpc) is 1.74. The predicted molar refractivity (Wildman–Crippen MR) is 402 cm³/mol. The summed E-state index contributed by atoms with van der Waals surface area (Å²) >= 11 is 1.79. The Morgan fingerprint density at radius 2 is 1.30 bits per heavy atom. The number of fused-ring (bicyclic) bond motifs is 8. The highest BCUT2D eigenvalue weighted by Crippen LogP contribution is 2.29. The Hall–Kier alpha value is -10.9. The number of aryl methyl sites for hydroxylation is 1. The van der Waals surface area contributed by atoms with Gasteiger partial charge < -0.3 is 123 Å². The Labute approximate surface area is 655 Å². The number of nitrogens with one attached hydrogen (secondary N) is 14. The molecule has 46 heteroatoms. The van der Waals surface area contributed by atoms with Gasteiger partial charge >= 0.3 is 12.0 Å². The first-order valence-electron chi connectivity index (χ1n) is 34.9. The fraction of sp³-hybridized carbons (Fsp3) is 0.523. The number of hydrogen-bond acceptors (Lipinski definition) is 25. The number of benzene rings is 2. The van der Waals surface area contributed by atoms with Crippen LogP contribution in [0, 0.1) is 8.98 Å². The maximum atomic E-state index is 15.3. The van der Waals surface area contributed by atoms with E-state index in [2.05, 4.69) is 79.4 Å². The van der Waals surface area contributed by atoms with Crippen molar-refractivity contribution >= 4 is 145 Å². The number of aliphatic hydroxyl groups excluding tert-OH is 1. The van der Waals surface area contributed by atoms with Gasteiger partial charge in [0, 0.05) is 63.8 Å². The van der Waals surface area contributed by atoms with Crippen LogP contribution in [0.5, 0.6) is 11.5 Å². The van der Waals surface area contributed by atoms with Crippen LogP contribution in [0.3, 0.4) is 0 Å². The summed E-state index contributed by atoms with van der Waals surface area (Å²) in [5, 5.41) is 88.2. The van der Waals surface area contributed by atoms with E-state index in [1.54, 1.807) is 22.6 Å². The molecule has 111 heavy (non-hydrogen) atoms. The number of aromatic nitrogens is 3. The summed E-state index contributed by atoms with van der Waals surface area (Å²) in [5.41, 5.74) is 28.6. The van der Waals surface area contributed by atoms with Crippen molar-refractivity contribution < 1.29 is 97.1 Å². The normalized spacial score (nSPS) is 23.8. The zero-order valence-electron chi connectivity index (χ0n) is 60.0. The van der Waals surface area contributed by atoms with E-state index < -0.39 is 223 Å². The maximum absolute atomic E-state index is 15.3. The summed E-state index contributed by atoms with van der Waals surface area (Å²) in [4.78, 5) is 228. The van der Waals surface area contributed by atoms with Gasteiger partial charge in [0.25, 0.3) is 5.91 Å². The molecule has 1 aromatic heterocycles. The number of urea groups is 1. The molecule has 28 N–H and O–H groups in total. The van der Waals surface area contributed by atoms with Gasteiger partial charge in [-0.3, -0.25) is 82.0 Å². The quantitative estimate of drug-likeness (QED) is 0.0138. The molecule has 1 fully saturated rings. The van der Waals surface area contributed by atoms with E-state index >= 15 is 24.0 Å². The molecule has 606 valence electrons. The maximum Gasteiger partial charge on any atom is 0.312 e. The molecule has 0 saturated carbocycles. The number of amides is 16. The van der Waals surface area contributed by atoms with Gasteiger partial charge in [0.05, 0.1) is 28.3 Å². The third-order valence-electron chi connectivity index (χ3n) is 17.4. The molecule has 0 spiro atoms. The SMILES string of the molecule is C[C@@H](O)[C@@H]1NC(=O)[C@H]2NC(=O)[C@@H](NC(=O)CN)CCCn3cc(nn3)C[C@H](NC(=O)[C@H](CCCNC(=N)N)NC(=O)C3CCCN3C(=O)[C@H](CC(=O)O)NC1=O)C(=O)N[C@@H](CCCNC(N)=O)C(=O)NC(Cc1ccc(O)c(I)c1)C(=O)N[C@@H](CCC(N)=O)C(=O)N[C@H](C(=O)N[C@@H](Cc1ccc(O)cc1)C(N)=O)CSS2. The van der Waals surface area contributed by atoms with Crippen LogP contribution in [0.2, 0.25) is 0 Å². The van der Waals surface area contributed by atoms with Crippen molar-refractivity contribution in [3.05, 3.63) is 69.1 Å². The second kappa shape index (κ2) is 43.5. The van der Waals surface area contributed by atoms with Gasteiger partial charge in [-0.05, 0) is 123 Å².